The Morgan fingerprint density at radius 2 is 2.29 bits per heavy atom. The van der Waals surface area contributed by atoms with E-state index in [9.17, 15) is 4.79 Å². The zero-order valence-corrected chi connectivity index (χ0v) is 10.4. The number of rotatable bonds is 2. The standard InChI is InChI=1S/C12H9BrN2O2/c1-2-5-15-11-4-3-8(13)6-9(11)12(17)10(7-16)14-15/h1,3-4,6,16H,5,7H2. The number of hydrogen-bond acceptors (Lipinski definition) is 3. The second kappa shape index (κ2) is 4.70. The minimum Gasteiger partial charge on any atom is -0.390 e. The van der Waals surface area contributed by atoms with Gasteiger partial charge < -0.3 is 5.11 Å². The second-order valence-corrected chi connectivity index (χ2v) is 4.37. The smallest absolute Gasteiger partial charge is 0.213 e. The number of aliphatic hydroxyl groups excluding tert-OH is 1. The summed E-state index contributed by atoms with van der Waals surface area (Å²) in [4.78, 5) is 12.0. The van der Waals surface area contributed by atoms with Gasteiger partial charge in [0.15, 0.2) is 0 Å². The van der Waals surface area contributed by atoms with E-state index in [2.05, 4.69) is 26.9 Å². The summed E-state index contributed by atoms with van der Waals surface area (Å²) in [7, 11) is 0. The number of aliphatic hydroxyl groups is 1. The van der Waals surface area contributed by atoms with E-state index in [1.54, 1.807) is 12.1 Å². The van der Waals surface area contributed by atoms with Gasteiger partial charge in [0.1, 0.15) is 12.2 Å². The minimum atomic E-state index is -0.397. The van der Waals surface area contributed by atoms with Crippen molar-refractivity contribution in [1.29, 1.82) is 0 Å². The van der Waals surface area contributed by atoms with Crippen LogP contribution in [0.4, 0.5) is 0 Å². The summed E-state index contributed by atoms with van der Waals surface area (Å²) in [5, 5.41) is 13.6. The van der Waals surface area contributed by atoms with Crippen LogP contribution in [0.3, 0.4) is 0 Å². The Hall–Kier alpha value is -1.64. The predicted molar refractivity (Wildman–Crippen MR) is 68.5 cm³/mol. The van der Waals surface area contributed by atoms with E-state index < -0.39 is 6.61 Å². The monoisotopic (exact) mass is 292 g/mol. The highest BCUT2D eigenvalue weighted by Crippen LogP contribution is 2.16. The normalized spacial score (nSPS) is 10.4. The molecule has 0 radical (unpaired) electrons. The summed E-state index contributed by atoms with van der Waals surface area (Å²) >= 11 is 3.31. The second-order valence-electron chi connectivity index (χ2n) is 3.46. The van der Waals surface area contributed by atoms with Crippen molar-refractivity contribution in [1.82, 2.24) is 9.78 Å². The lowest BCUT2D eigenvalue weighted by Gasteiger charge is -2.08. The number of halogens is 1. The van der Waals surface area contributed by atoms with Crippen molar-refractivity contribution in [3.8, 4) is 12.3 Å². The lowest BCUT2D eigenvalue weighted by atomic mass is 10.2. The lowest BCUT2D eigenvalue weighted by Crippen LogP contribution is -2.19. The number of fused-ring (bicyclic) bond motifs is 1. The molecule has 2 rings (SSSR count). The molecule has 5 heteroatoms. The maximum atomic E-state index is 12.0. The molecule has 0 saturated carbocycles. The molecule has 0 spiro atoms. The molecule has 1 N–H and O–H groups in total. The van der Waals surface area contributed by atoms with Gasteiger partial charge in [0, 0.05) is 4.47 Å². The zero-order valence-electron chi connectivity index (χ0n) is 8.85. The van der Waals surface area contributed by atoms with Gasteiger partial charge >= 0.3 is 0 Å². The molecule has 4 nitrogen and oxygen atoms in total. The molecule has 0 unspecified atom stereocenters. The number of benzene rings is 1. The zero-order chi connectivity index (χ0) is 12.4. The van der Waals surface area contributed by atoms with E-state index in [1.807, 2.05) is 6.07 Å². The molecule has 0 aliphatic rings. The van der Waals surface area contributed by atoms with Gasteiger partial charge in [-0.05, 0) is 18.2 Å². The summed E-state index contributed by atoms with van der Waals surface area (Å²) < 4.78 is 2.33. The Bertz CT molecular complexity index is 670. The highest BCUT2D eigenvalue weighted by Gasteiger charge is 2.09. The molecule has 1 aromatic heterocycles. The fourth-order valence-corrected chi connectivity index (χ4v) is 1.99. The molecular formula is C12H9BrN2O2. The minimum absolute atomic E-state index is 0.103. The number of terminal acetylenes is 1. The number of aromatic nitrogens is 2. The van der Waals surface area contributed by atoms with Crippen molar-refractivity contribution < 1.29 is 5.11 Å². The molecule has 1 heterocycles. The maximum Gasteiger partial charge on any atom is 0.213 e. The summed E-state index contributed by atoms with van der Waals surface area (Å²) in [6.45, 7) is -0.142. The van der Waals surface area contributed by atoms with Gasteiger partial charge in [-0.2, -0.15) is 5.10 Å². The van der Waals surface area contributed by atoms with Crippen LogP contribution >= 0.6 is 15.9 Å². The van der Waals surface area contributed by atoms with E-state index in [1.165, 1.54) is 4.68 Å². The average Bonchev–Trinajstić information content (AvgIpc) is 2.33. The first-order valence-corrected chi connectivity index (χ1v) is 5.70. The van der Waals surface area contributed by atoms with Crippen molar-refractivity contribution >= 4 is 26.8 Å². The molecule has 0 atom stereocenters. The topological polar surface area (TPSA) is 55.1 Å². The van der Waals surface area contributed by atoms with Crippen molar-refractivity contribution in [3.63, 3.8) is 0 Å². The lowest BCUT2D eigenvalue weighted by molar-refractivity contribution is 0.272. The quantitative estimate of drug-likeness (QED) is 0.849. The highest BCUT2D eigenvalue weighted by atomic mass is 79.9. The molecule has 0 amide bonds. The Labute approximate surface area is 106 Å². The van der Waals surface area contributed by atoms with Gasteiger partial charge in [0.05, 0.1) is 17.5 Å². The Balaban J connectivity index is 2.88. The molecule has 1 aromatic carbocycles. The highest BCUT2D eigenvalue weighted by molar-refractivity contribution is 9.10. The average molecular weight is 293 g/mol. The number of hydrogen-bond donors (Lipinski definition) is 1. The van der Waals surface area contributed by atoms with Gasteiger partial charge in [-0.25, -0.2) is 0 Å². The van der Waals surface area contributed by atoms with Gasteiger partial charge in [0.25, 0.3) is 0 Å². The van der Waals surface area contributed by atoms with Gasteiger partial charge in [-0.3, -0.25) is 9.48 Å². The third-order valence-corrected chi connectivity index (χ3v) is 2.87. The van der Waals surface area contributed by atoms with Crippen molar-refractivity contribution in [3.05, 3.63) is 38.6 Å². The third kappa shape index (κ3) is 2.09. The Kier molecular flexibility index (Phi) is 3.27. The van der Waals surface area contributed by atoms with Crippen LogP contribution in [0.25, 0.3) is 10.9 Å². The molecule has 0 saturated heterocycles. The Morgan fingerprint density at radius 1 is 1.53 bits per heavy atom. The van der Waals surface area contributed by atoms with Crippen molar-refractivity contribution in [2.24, 2.45) is 0 Å². The van der Waals surface area contributed by atoms with Gasteiger partial charge in [-0.1, -0.05) is 21.9 Å². The summed E-state index contributed by atoms with van der Waals surface area (Å²) in [5.41, 5.74) is 0.497. The fraction of sp³-hybridized carbons (Fsp3) is 0.167. The van der Waals surface area contributed by atoms with Crippen molar-refractivity contribution in [2.75, 3.05) is 0 Å². The van der Waals surface area contributed by atoms with Crippen molar-refractivity contribution in [2.45, 2.75) is 13.2 Å². The SMILES string of the molecule is C#CCn1nc(CO)c(=O)c2cc(Br)ccc21. The number of nitrogens with zero attached hydrogens (tertiary/aromatic N) is 2. The van der Waals surface area contributed by atoms with Crippen LogP contribution in [0, 0.1) is 12.3 Å². The van der Waals surface area contributed by atoms with E-state index >= 15 is 0 Å². The largest absolute Gasteiger partial charge is 0.390 e. The summed E-state index contributed by atoms with van der Waals surface area (Å²) in [6.07, 6.45) is 5.25. The first-order valence-electron chi connectivity index (χ1n) is 4.91. The molecule has 0 aliphatic carbocycles. The molecule has 0 aliphatic heterocycles. The van der Waals surface area contributed by atoms with Gasteiger partial charge in [-0.15, -0.1) is 6.42 Å². The van der Waals surface area contributed by atoms with Crippen LogP contribution in [0.15, 0.2) is 27.5 Å². The van der Waals surface area contributed by atoms with Crippen LogP contribution in [0.2, 0.25) is 0 Å². The molecule has 86 valence electrons. The van der Waals surface area contributed by atoms with Crippen LogP contribution in [0.5, 0.6) is 0 Å². The van der Waals surface area contributed by atoms with Crippen LogP contribution in [-0.4, -0.2) is 14.9 Å². The van der Waals surface area contributed by atoms with E-state index in [4.69, 9.17) is 11.5 Å². The predicted octanol–water partition coefficient (Wildman–Crippen LogP) is 1.28. The van der Waals surface area contributed by atoms with Crippen LogP contribution < -0.4 is 5.43 Å². The summed E-state index contributed by atoms with van der Waals surface area (Å²) in [5.74, 6) is 2.47. The Morgan fingerprint density at radius 3 is 2.94 bits per heavy atom. The molecule has 0 bridgehead atoms. The first-order chi connectivity index (χ1) is 8.17. The van der Waals surface area contributed by atoms with Gasteiger partial charge in [0.2, 0.25) is 5.43 Å². The molecule has 0 fully saturated rings. The van der Waals surface area contributed by atoms with E-state index in [0.29, 0.717) is 10.9 Å². The molecule has 17 heavy (non-hydrogen) atoms. The first kappa shape index (κ1) is 11.8. The fourth-order valence-electron chi connectivity index (χ4n) is 1.63. The van der Waals surface area contributed by atoms with Crippen LogP contribution in [-0.2, 0) is 13.2 Å². The maximum absolute atomic E-state index is 12.0. The summed E-state index contributed by atoms with van der Waals surface area (Å²) in [6, 6.07) is 5.28. The third-order valence-electron chi connectivity index (χ3n) is 2.38. The van der Waals surface area contributed by atoms with E-state index in [0.717, 1.165) is 4.47 Å². The van der Waals surface area contributed by atoms with Crippen LogP contribution in [0.1, 0.15) is 5.69 Å². The molecule has 2 aromatic rings. The van der Waals surface area contributed by atoms with E-state index in [-0.39, 0.29) is 17.7 Å². The molecular weight excluding hydrogens is 284 g/mol.